The first-order chi connectivity index (χ1) is 15.8. The first-order valence-corrected chi connectivity index (χ1v) is 11.8. The van der Waals surface area contributed by atoms with Crippen LogP contribution in [0.4, 0.5) is 5.69 Å². The predicted octanol–water partition coefficient (Wildman–Crippen LogP) is 4.27. The number of nitrogens with one attached hydrogen (secondary N) is 2. The number of ether oxygens (including phenoxy) is 3. The van der Waals surface area contributed by atoms with Gasteiger partial charge in [0.15, 0.2) is 0 Å². The molecule has 2 fully saturated rings. The SMILES string of the molecule is c1ccc(-c2cc3cc(COCCN4CCOCC4)cc(NC4CCOCC4)c3[nH]2)cc1. The number of nitrogens with zero attached hydrogens (tertiary/aromatic N) is 1. The topological polar surface area (TPSA) is 58.8 Å². The summed E-state index contributed by atoms with van der Waals surface area (Å²) in [6.45, 7) is 7.62. The maximum atomic E-state index is 6.07. The Kier molecular flexibility index (Phi) is 7.04. The van der Waals surface area contributed by atoms with E-state index in [0.717, 1.165) is 82.4 Å². The van der Waals surface area contributed by atoms with Crippen molar-refractivity contribution in [3.8, 4) is 11.3 Å². The van der Waals surface area contributed by atoms with Crippen LogP contribution in [0.2, 0.25) is 0 Å². The quantitative estimate of drug-likeness (QED) is 0.518. The fourth-order valence-corrected chi connectivity index (χ4v) is 4.55. The van der Waals surface area contributed by atoms with E-state index < -0.39 is 0 Å². The van der Waals surface area contributed by atoms with E-state index in [1.807, 2.05) is 0 Å². The number of benzene rings is 2. The molecule has 1 aromatic heterocycles. The highest BCUT2D eigenvalue weighted by Crippen LogP contribution is 2.31. The molecule has 3 heterocycles. The Bertz CT molecular complexity index is 992. The van der Waals surface area contributed by atoms with Crippen molar-refractivity contribution in [3.63, 3.8) is 0 Å². The molecular formula is C26H33N3O3. The van der Waals surface area contributed by atoms with Gasteiger partial charge in [-0.05, 0) is 42.2 Å². The number of anilines is 1. The van der Waals surface area contributed by atoms with Gasteiger partial charge in [0, 0.05) is 50.0 Å². The van der Waals surface area contributed by atoms with Gasteiger partial charge in [0.1, 0.15) is 0 Å². The van der Waals surface area contributed by atoms with E-state index in [4.69, 9.17) is 14.2 Å². The van der Waals surface area contributed by atoms with Gasteiger partial charge < -0.3 is 24.5 Å². The molecule has 2 aliphatic rings. The lowest BCUT2D eigenvalue weighted by atomic mass is 10.1. The molecule has 5 rings (SSSR count). The number of hydrogen-bond donors (Lipinski definition) is 2. The molecule has 170 valence electrons. The van der Waals surface area contributed by atoms with Gasteiger partial charge in [0.05, 0.1) is 37.6 Å². The van der Waals surface area contributed by atoms with Crippen molar-refractivity contribution in [2.24, 2.45) is 0 Å². The van der Waals surface area contributed by atoms with Crippen molar-refractivity contribution in [1.29, 1.82) is 0 Å². The molecule has 0 saturated carbocycles. The number of aromatic nitrogens is 1. The van der Waals surface area contributed by atoms with Crippen LogP contribution in [0, 0.1) is 0 Å². The van der Waals surface area contributed by atoms with Gasteiger partial charge in [0.25, 0.3) is 0 Å². The molecule has 2 aromatic carbocycles. The summed E-state index contributed by atoms with van der Waals surface area (Å²) in [6.07, 6.45) is 2.07. The van der Waals surface area contributed by atoms with Crippen LogP contribution in [0.25, 0.3) is 22.2 Å². The maximum Gasteiger partial charge on any atom is 0.0718 e. The fourth-order valence-electron chi connectivity index (χ4n) is 4.55. The molecular weight excluding hydrogens is 402 g/mol. The summed E-state index contributed by atoms with van der Waals surface area (Å²) in [4.78, 5) is 6.06. The van der Waals surface area contributed by atoms with Crippen LogP contribution in [0.5, 0.6) is 0 Å². The molecule has 3 aromatic rings. The largest absolute Gasteiger partial charge is 0.381 e. The molecule has 2 aliphatic heterocycles. The molecule has 6 nitrogen and oxygen atoms in total. The van der Waals surface area contributed by atoms with Gasteiger partial charge in [-0.15, -0.1) is 0 Å². The van der Waals surface area contributed by atoms with Crippen LogP contribution >= 0.6 is 0 Å². The summed E-state index contributed by atoms with van der Waals surface area (Å²) in [7, 11) is 0. The monoisotopic (exact) mass is 435 g/mol. The van der Waals surface area contributed by atoms with Crippen LogP contribution in [-0.4, -0.2) is 68.6 Å². The van der Waals surface area contributed by atoms with Crippen molar-refractivity contribution in [3.05, 3.63) is 54.1 Å². The van der Waals surface area contributed by atoms with Gasteiger partial charge in [-0.1, -0.05) is 30.3 Å². The second kappa shape index (κ2) is 10.5. The zero-order valence-corrected chi connectivity index (χ0v) is 18.6. The third-order valence-corrected chi connectivity index (χ3v) is 6.38. The van der Waals surface area contributed by atoms with Crippen molar-refractivity contribution < 1.29 is 14.2 Å². The van der Waals surface area contributed by atoms with Crippen LogP contribution < -0.4 is 5.32 Å². The first-order valence-electron chi connectivity index (χ1n) is 11.8. The van der Waals surface area contributed by atoms with Crippen molar-refractivity contribution in [1.82, 2.24) is 9.88 Å². The molecule has 0 aliphatic carbocycles. The number of H-pyrrole nitrogens is 1. The molecule has 0 atom stereocenters. The molecule has 0 radical (unpaired) electrons. The molecule has 0 bridgehead atoms. The highest BCUT2D eigenvalue weighted by Gasteiger charge is 2.17. The lowest BCUT2D eigenvalue weighted by molar-refractivity contribution is 0.0180. The molecule has 2 saturated heterocycles. The molecule has 32 heavy (non-hydrogen) atoms. The Labute approximate surface area is 189 Å². The third kappa shape index (κ3) is 5.33. The number of aromatic amines is 1. The van der Waals surface area contributed by atoms with E-state index >= 15 is 0 Å². The van der Waals surface area contributed by atoms with Gasteiger partial charge >= 0.3 is 0 Å². The average Bonchev–Trinajstić information content (AvgIpc) is 3.28. The summed E-state index contributed by atoms with van der Waals surface area (Å²) >= 11 is 0. The lowest BCUT2D eigenvalue weighted by Crippen LogP contribution is -2.38. The van der Waals surface area contributed by atoms with E-state index in [2.05, 4.69) is 63.7 Å². The van der Waals surface area contributed by atoms with E-state index in [1.165, 1.54) is 16.5 Å². The van der Waals surface area contributed by atoms with E-state index in [-0.39, 0.29) is 0 Å². The van der Waals surface area contributed by atoms with Gasteiger partial charge in [0.2, 0.25) is 0 Å². The normalized spacial score (nSPS) is 18.2. The molecule has 6 heteroatoms. The minimum absolute atomic E-state index is 0.438. The number of rotatable bonds is 8. The van der Waals surface area contributed by atoms with Gasteiger partial charge in [-0.3, -0.25) is 4.90 Å². The van der Waals surface area contributed by atoms with Crippen LogP contribution in [0.15, 0.2) is 48.5 Å². The highest BCUT2D eigenvalue weighted by atomic mass is 16.5. The summed E-state index contributed by atoms with van der Waals surface area (Å²) in [5.74, 6) is 0. The summed E-state index contributed by atoms with van der Waals surface area (Å²) in [6, 6.07) is 17.7. The zero-order valence-electron chi connectivity index (χ0n) is 18.6. The van der Waals surface area contributed by atoms with Crippen molar-refractivity contribution in [2.45, 2.75) is 25.5 Å². The maximum absolute atomic E-state index is 6.07. The Balaban J connectivity index is 1.33. The van der Waals surface area contributed by atoms with E-state index in [1.54, 1.807) is 0 Å². The predicted molar refractivity (Wildman–Crippen MR) is 128 cm³/mol. The van der Waals surface area contributed by atoms with Crippen molar-refractivity contribution >= 4 is 16.6 Å². The van der Waals surface area contributed by atoms with E-state index in [9.17, 15) is 0 Å². The molecule has 0 unspecified atom stereocenters. The lowest BCUT2D eigenvalue weighted by Gasteiger charge is -2.26. The summed E-state index contributed by atoms with van der Waals surface area (Å²) in [5, 5.41) is 5.00. The molecule has 2 N–H and O–H groups in total. The minimum atomic E-state index is 0.438. The standard InChI is InChI=1S/C26H33N3O3/c1-2-4-21(5-3-1)24-18-22-16-20(19-32-15-10-29-8-13-31-14-9-29)17-25(26(22)28-24)27-23-6-11-30-12-7-23/h1-5,16-18,23,27-28H,6-15,19H2. The Morgan fingerprint density at radius 2 is 1.75 bits per heavy atom. The Morgan fingerprint density at radius 1 is 0.969 bits per heavy atom. The van der Waals surface area contributed by atoms with Gasteiger partial charge in [-0.2, -0.15) is 0 Å². The second-order valence-corrected chi connectivity index (χ2v) is 8.69. The second-order valence-electron chi connectivity index (χ2n) is 8.69. The number of morpholine rings is 1. The van der Waals surface area contributed by atoms with Crippen LogP contribution in [0.3, 0.4) is 0 Å². The Morgan fingerprint density at radius 3 is 2.56 bits per heavy atom. The first kappa shape index (κ1) is 21.5. The number of hydrogen-bond acceptors (Lipinski definition) is 5. The van der Waals surface area contributed by atoms with E-state index in [0.29, 0.717) is 12.6 Å². The number of fused-ring (bicyclic) bond motifs is 1. The summed E-state index contributed by atoms with van der Waals surface area (Å²) in [5.41, 5.74) is 5.86. The van der Waals surface area contributed by atoms with Gasteiger partial charge in [-0.25, -0.2) is 0 Å². The highest BCUT2D eigenvalue weighted by molar-refractivity contribution is 5.95. The zero-order chi connectivity index (χ0) is 21.6. The average molecular weight is 436 g/mol. The smallest absolute Gasteiger partial charge is 0.0718 e. The third-order valence-electron chi connectivity index (χ3n) is 6.38. The summed E-state index contributed by atoms with van der Waals surface area (Å²) < 4.78 is 17.0. The Hall–Kier alpha value is -2.38. The molecule has 0 amide bonds. The van der Waals surface area contributed by atoms with Crippen LogP contribution in [0.1, 0.15) is 18.4 Å². The fraction of sp³-hybridized carbons (Fsp3) is 0.462. The minimum Gasteiger partial charge on any atom is -0.381 e. The van der Waals surface area contributed by atoms with Crippen LogP contribution in [-0.2, 0) is 20.8 Å². The molecule has 0 spiro atoms. The van der Waals surface area contributed by atoms with Crippen molar-refractivity contribution in [2.75, 3.05) is 58.0 Å².